The molecule has 6 heteroatoms. The molecule has 1 N–H and O–H groups in total. The number of aryl methyl sites for hydroxylation is 1. The van der Waals surface area contributed by atoms with Crippen molar-refractivity contribution >= 4 is 17.4 Å². The summed E-state index contributed by atoms with van der Waals surface area (Å²) in [4.78, 5) is 22.9. The second-order valence-corrected chi connectivity index (χ2v) is 5.76. The molecule has 26 heavy (non-hydrogen) atoms. The zero-order valence-corrected chi connectivity index (χ0v) is 14.9. The van der Waals surface area contributed by atoms with Crippen LogP contribution in [0.4, 0.5) is 10.1 Å². The number of benzene rings is 2. The van der Waals surface area contributed by atoms with E-state index in [4.69, 9.17) is 9.47 Å². The van der Waals surface area contributed by atoms with Gasteiger partial charge in [-0.3, -0.25) is 4.79 Å². The van der Waals surface area contributed by atoms with E-state index in [0.29, 0.717) is 30.9 Å². The van der Waals surface area contributed by atoms with Crippen LogP contribution in [0, 0.1) is 5.82 Å². The molecule has 0 saturated heterocycles. The smallest absolute Gasteiger partial charge is 0.262 e. The molecular formula is C20H22FNO4. The Morgan fingerprint density at radius 3 is 2.42 bits per heavy atom. The molecule has 0 saturated carbocycles. The maximum Gasteiger partial charge on any atom is 0.262 e. The van der Waals surface area contributed by atoms with E-state index in [1.54, 1.807) is 32.0 Å². The van der Waals surface area contributed by atoms with Crippen LogP contribution in [0.1, 0.15) is 25.8 Å². The SMILES string of the molecule is CCOc1ccc(NC(=O)COc2ccc(CCC(C)=O)cc2)cc1F. The quantitative estimate of drug-likeness (QED) is 0.740. The van der Waals surface area contributed by atoms with Crippen LogP contribution in [0.3, 0.4) is 0 Å². The van der Waals surface area contributed by atoms with Crippen molar-refractivity contribution in [2.75, 3.05) is 18.5 Å². The summed E-state index contributed by atoms with van der Waals surface area (Å²) in [5, 5.41) is 2.57. The molecule has 1 amide bonds. The van der Waals surface area contributed by atoms with Crippen LogP contribution < -0.4 is 14.8 Å². The number of halogens is 1. The minimum atomic E-state index is -0.535. The van der Waals surface area contributed by atoms with Gasteiger partial charge in [0.2, 0.25) is 0 Å². The van der Waals surface area contributed by atoms with E-state index in [-0.39, 0.29) is 18.1 Å². The van der Waals surface area contributed by atoms with Gasteiger partial charge < -0.3 is 19.6 Å². The monoisotopic (exact) mass is 359 g/mol. The molecule has 0 unspecified atom stereocenters. The number of carbonyl (C=O) groups excluding carboxylic acids is 2. The van der Waals surface area contributed by atoms with Gasteiger partial charge in [0.15, 0.2) is 18.2 Å². The van der Waals surface area contributed by atoms with Crippen molar-refractivity contribution in [1.29, 1.82) is 0 Å². The first-order valence-corrected chi connectivity index (χ1v) is 8.41. The van der Waals surface area contributed by atoms with E-state index in [1.165, 1.54) is 12.1 Å². The molecule has 0 aromatic heterocycles. The molecule has 0 radical (unpaired) electrons. The molecule has 0 atom stereocenters. The molecule has 5 nitrogen and oxygen atoms in total. The molecular weight excluding hydrogens is 337 g/mol. The third-order valence-corrected chi connectivity index (χ3v) is 3.57. The van der Waals surface area contributed by atoms with Crippen molar-refractivity contribution in [3.8, 4) is 11.5 Å². The van der Waals surface area contributed by atoms with Gasteiger partial charge in [0.1, 0.15) is 11.5 Å². The van der Waals surface area contributed by atoms with Crippen molar-refractivity contribution in [2.24, 2.45) is 0 Å². The fraction of sp³-hybridized carbons (Fsp3) is 0.300. The molecule has 0 heterocycles. The average Bonchev–Trinajstić information content (AvgIpc) is 2.61. The Bertz CT molecular complexity index is 759. The van der Waals surface area contributed by atoms with Gasteiger partial charge in [0.05, 0.1) is 6.61 Å². The fourth-order valence-corrected chi connectivity index (χ4v) is 2.27. The van der Waals surface area contributed by atoms with Crippen LogP contribution in [-0.2, 0) is 16.0 Å². The number of nitrogens with one attached hydrogen (secondary N) is 1. The zero-order chi connectivity index (χ0) is 18.9. The minimum Gasteiger partial charge on any atom is -0.491 e. The summed E-state index contributed by atoms with van der Waals surface area (Å²) >= 11 is 0. The lowest BCUT2D eigenvalue weighted by molar-refractivity contribution is -0.118. The molecule has 0 aliphatic carbocycles. The van der Waals surface area contributed by atoms with E-state index in [1.807, 2.05) is 12.1 Å². The molecule has 2 aromatic carbocycles. The van der Waals surface area contributed by atoms with Gasteiger partial charge >= 0.3 is 0 Å². The Morgan fingerprint density at radius 2 is 1.81 bits per heavy atom. The van der Waals surface area contributed by atoms with Crippen LogP contribution >= 0.6 is 0 Å². The standard InChI is InChI=1S/C20H22FNO4/c1-3-25-19-11-8-16(12-18(19)21)22-20(24)13-26-17-9-6-15(7-10-17)5-4-14(2)23/h6-12H,3-5,13H2,1-2H3,(H,22,24). The summed E-state index contributed by atoms with van der Waals surface area (Å²) in [6, 6.07) is 11.5. The van der Waals surface area contributed by atoms with Crippen molar-refractivity contribution in [3.63, 3.8) is 0 Å². The molecule has 0 aliphatic rings. The highest BCUT2D eigenvalue weighted by atomic mass is 19.1. The van der Waals surface area contributed by atoms with Crippen LogP contribution in [-0.4, -0.2) is 24.9 Å². The number of ketones is 1. The van der Waals surface area contributed by atoms with E-state index in [0.717, 1.165) is 5.56 Å². The maximum atomic E-state index is 13.8. The second kappa shape index (κ2) is 9.56. The molecule has 2 rings (SSSR count). The van der Waals surface area contributed by atoms with Gasteiger partial charge in [-0.15, -0.1) is 0 Å². The maximum absolute atomic E-state index is 13.8. The van der Waals surface area contributed by atoms with Crippen molar-refractivity contribution < 1.29 is 23.5 Å². The summed E-state index contributed by atoms with van der Waals surface area (Å²) in [5.74, 6) is -0.0927. The lowest BCUT2D eigenvalue weighted by Gasteiger charge is -2.10. The first-order valence-electron chi connectivity index (χ1n) is 8.41. The van der Waals surface area contributed by atoms with Crippen molar-refractivity contribution in [1.82, 2.24) is 0 Å². The number of hydrogen-bond donors (Lipinski definition) is 1. The summed E-state index contributed by atoms with van der Waals surface area (Å²) in [6.45, 7) is 3.50. The Morgan fingerprint density at radius 1 is 1.08 bits per heavy atom. The summed E-state index contributed by atoms with van der Waals surface area (Å²) < 4.78 is 24.3. The number of carbonyl (C=O) groups is 2. The van der Waals surface area contributed by atoms with Crippen molar-refractivity contribution in [2.45, 2.75) is 26.7 Å². The van der Waals surface area contributed by atoms with Gasteiger partial charge in [-0.1, -0.05) is 12.1 Å². The number of amides is 1. The minimum absolute atomic E-state index is 0.145. The third kappa shape index (κ3) is 6.20. The number of ether oxygens (including phenoxy) is 2. The number of Topliss-reactive ketones (excluding diaryl/α,β-unsaturated/α-hetero) is 1. The van der Waals surface area contributed by atoms with Gasteiger partial charge in [0.25, 0.3) is 5.91 Å². The van der Waals surface area contributed by atoms with E-state index < -0.39 is 11.7 Å². The highest BCUT2D eigenvalue weighted by molar-refractivity contribution is 5.91. The average molecular weight is 359 g/mol. The number of rotatable bonds is 9. The van der Waals surface area contributed by atoms with Crippen LogP contribution in [0.25, 0.3) is 0 Å². The molecule has 2 aromatic rings. The lowest BCUT2D eigenvalue weighted by Crippen LogP contribution is -2.20. The fourth-order valence-electron chi connectivity index (χ4n) is 2.27. The highest BCUT2D eigenvalue weighted by Gasteiger charge is 2.08. The van der Waals surface area contributed by atoms with Gasteiger partial charge in [-0.25, -0.2) is 4.39 Å². The summed E-state index contributed by atoms with van der Waals surface area (Å²) in [6.07, 6.45) is 1.18. The largest absolute Gasteiger partial charge is 0.491 e. The van der Waals surface area contributed by atoms with Crippen molar-refractivity contribution in [3.05, 3.63) is 53.8 Å². The van der Waals surface area contributed by atoms with Crippen LogP contribution in [0.15, 0.2) is 42.5 Å². The third-order valence-electron chi connectivity index (χ3n) is 3.57. The Kier molecular flexibility index (Phi) is 7.14. The molecule has 138 valence electrons. The van der Waals surface area contributed by atoms with Crippen LogP contribution in [0.5, 0.6) is 11.5 Å². The molecule has 0 fully saturated rings. The predicted molar refractivity (Wildman–Crippen MR) is 97.1 cm³/mol. The summed E-state index contributed by atoms with van der Waals surface area (Å²) in [5.41, 5.74) is 1.36. The van der Waals surface area contributed by atoms with E-state index >= 15 is 0 Å². The van der Waals surface area contributed by atoms with Gasteiger partial charge in [-0.05, 0) is 50.1 Å². The zero-order valence-electron chi connectivity index (χ0n) is 14.9. The normalized spacial score (nSPS) is 10.3. The molecule has 0 spiro atoms. The number of hydrogen-bond acceptors (Lipinski definition) is 4. The Hall–Kier alpha value is -2.89. The first-order chi connectivity index (χ1) is 12.5. The van der Waals surface area contributed by atoms with Crippen LogP contribution in [0.2, 0.25) is 0 Å². The van der Waals surface area contributed by atoms with E-state index in [9.17, 15) is 14.0 Å². The van der Waals surface area contributed by atoms with E-state index in [2.05, 4.69) is 5.32 Å². The topological polar surface area (TPSA) is 64.6 Å². The lowest BCUT2D eigenvalue weighted by atomic mass is 10.1. The van der Waals surface area contributed by atoms with Gasteiger partial charge in [-0.2, -0.15) is 0 Å². The highest BCUT2D eigenvalue weighted by Crippen LogP contribution is 2.21. The predicted octanol–water partition coefficient (Wildman–Crippen LogP) is 3.76. The Labute approximate surface area is 152 Å². The Balaban J connectivity index is 1.83. The second-order valence-electron chi connectivity index (χ2n) is 5.76. The summed E-state index contributed by atoms with van der Waals surface area (Å²) in [7, 11) is 0. The van der Waals surface area contributed by atoms with Gasteiger partial charge in [0, 0.05) is 18.2 Å². The number of anilines is 1. The molecule has 0 aliphatic heterocycles. The molecule has 0 bridgehead atoms. The first kappa shape index (κ1) is 19.4.